The van der Waals surface area contributed by atoms with Gasteiger partial charge in [0.1, 0.15) is 11.6 Å². The fourth-order valence-electron chi connectivity index (χ4n) is 4.33. The van der Waals surface area contributed by atoms with E-state index in [1.54, 1.807) is 12.1 Å². The topological polar surface area (TPSA) is 41.6 Å². The third-order valence-electron chi connectivity index (χ3n) is 5.97. The summed E-state index contributed by atoms with van der Waals surface area (Å²) in [5, 5.41) is 3.27. The number of nitrogens with zero attached hydrogens (tertiary/aromatic N) is 1. The minimum atomic E-state index is -0.229. The molecule has 4 nitrogen and oxygen atoms in total. The van der Waals surface area contributed by atoms with E-state index in [0.29, 0.717) is 17.9 Å². The number of halogens is 1. The van der Waals surface area contributed by atoms with Gasteiger partial charge in [-0.1, -0.05) is 36.4 Å². The molecule has 1 amide bonds. The van der Waals surface area contributed by atoms with Crippen molar-refractivity contribution in [2.75, 3.05) is 20.2 Å². The zero-order valence-corrected chi connectivity index (χ0v) is 15.6. The zero-order chi connectivity index (χ0) is 18.9. The van der Waals surface area contributed by atoms with Gasteiger partial charge < -0.3 is 10.1 Å². The van der Waals surface area contributed by atoms with Gasteiger partial charge in [0, 0.05) is 36.8 Å². The number of piperidine rings is 1. The van der Waals surface area contributed by atoms with Crippen molar-refractivity contribution >= 4 is 5.91 Å². The first-order valence-electron chi connectivity index (χ1n) is 9.50. The maximum absolute atomic E-state index is 14.2. The molecule has 27 heavy (non-hydrogen) atoms. The second kappa shape index (κ2) is 7.31. The Bertz CT molecular complexity index is 816. The Morgan fingerprint density at radius 1 is 1.19 bits per heavy atom. The molecule has 5 heteroatoms. The van der Waals surface area contributed by atoms with Crippen LogP contribution >= 0.6 is 0 Å². The fraction of sp³-hybridized carbons (Fsp3) is 0.409. The Morgan fingerprint density at radius 3 is 2.59 bits per heavy atom. The largest absolute Gasteiger partial charge is 0.497 e. The van der Waals surface area contributed by atoms with Crippen molar-refractivity contribution in [2.45, 2.75) is 37.3 Å². The second-order valence-corrected chi connectivity index (χ2v) is 7.67. The van der Waals surface area contributed by atoms with Crippen molar-refractivity contribution in [3.63, 3.8) is 0 Å². The molecule has 0 aromatic heterocycles. The van der Waals surface area contributed by atoms with Crippen molar-refractivity contribution in [3.05, 3.63) is 65.5 Å². The van der Waals surface area contributed by atoms with Crippen LogP contribution in [-0.2, 0) is 11.3 Å². The summed E-state index contributed by atoms with van der Waals surface area (Å²) in [6.45, 7) is 2.29. The van der Waals surface area contributed by atoms with Gasteiger partial charge in [-0.15, -0.1) is 0 Å². The minimum Gasteiger partial charge on any atom is -0.497 e. The monoisotopic (exact) mass is 368 g/mol. The molecular weight excluding hydrogens is 343 g/mol. The second-order valence-electron chi connectivity index (χ2n) is 7.67. The molecule has 0 radical (unpaired) electrons. The normalized spacial score (nSPS) is 22.0. The molecule has 2 aromatic carbocycles. The molecule has 1 spiro atoms. The highest BCUT2D eigenvalue weighted by Gasteiger charge is 2.46. The van der Waals surface area contributed by atoms with Gasteiger partial charge in [0.25, 0.3) is 0 Å². The molecule has 2 fully saturated rings. The SMILES string of the molecule is COc1ccc(CN2CCC3(CC2)CC(c2ccccc2)C(=O)N3)c(F)c1. The number of amides is 1. The van der Waals surface area contributed by atoms with E-state index in [1.165, 1.54) is 13.2 Å². The Morgan fingerprint density at radius 2 is 1.93 bits per heavy atom. The summed E-state index contributed by atoms with van der Waals surface area (Å²) < 4.78 is 19.3. The Balaban J connectivity index is 1.38. The van der Waals surface area contributed by atoms with Gasteiger partial charge in [0.15, 0.2) is 0 Å². The molecule has 1 N–H and O–H groups in total. The summed E-state index contributed by atoms with van der Waals surface area (Å²) in [6.07, 6.45) is 2.65. The molecule has 1 unspecified atom stereocenters. The number of benzene rings is 2. The first-order valence-corrected chi connectivity index (χ1v) is 9.50. The number of rotatable bonds is 4. The lowest BCUT2D eigenvalue weighted by atomic mass is 9.82. The van der Waals surface area contributed by atoms with Gasteiger partial charge in [-0.2, -0.15) is 0 Å². The van der Waals surface area contributed by atoms with E-state index in [0.717, 1.165) is 37.9 Å². The van der Waals surface area contributed by atoms with E-state index in [4.69, 9.17) is 4.74 Å². The molecule has 2 aliphatic heterocycles. The summed E-state index contributed by atoms with van der Waals surface area (Å²) in [6, 6.07) is 15.0. The molecule has 2 aromatic rings. The van der Waals surface area contributed by atoms with E-state index >= 15 is 0 Å². The van der Waals surface area contributed by atoms with Crippen molar-refractivity contribution in [1.82, 2.24) is 10.2 Å². The molecule has 1 atom stereocenters. The molecular formula is C22H25FN2O2. The van der Waals surface area contributed by atoms with Crippen LogP contribution in [0.2, 0.25) is 0 Å². The van der Waals surface area contributed by atoms with E-state index in [-0.39, 0.29) is 23.2 Å². The highest BCUT2D eigenvalue weighted by Crippen LogP contribution is 2.39. The summed E-state index contributed by atoms with van der Waals surface area (Å²) in [7, 11) is 1.54. The molecule has 0 bridgehead atoms. The van der Waals surface area contributed by atoms with Gasteiger partial charge >= 0.3 is 0 Å². The summed E-state index contributed by atoms with van der Waals surface area (Å²) in [5.41, 5.74) is 1.66. The number of hydrogen-bond acceptors (Lipinski definition) is 3. The van der Waals surface area contributed by atoms with Crippen LogP contribution in [0.25, 0.3) is 0 Å². The average Bonchev–Trinajstić information content (AvgIpc) is 3.02. The van der Waals surface area contributed by atoms with Crippen molar-refractivity contribution < 1.29 is 13.9 Å². The maximum atomic E-state index is 14.2. The van der Waals surface area contributed by atoms with E-state index in [9.17, 15) is 9.18 Å². The number of hydrogen-bond donors (Lipinski definition) is 1. The number of likely N-dealkylation sites (tertiary alicyclic amines) is 1. The van der Waals surface area contributed by atoms with Crippen LogP contribution in [0, 0.1) is 5.82 Å². The highest BCUT2D eigenvalue weighted by atomic mass is 19.1. The minimum absolute atomic E-state index is 0.0585. The first-order chi connectivity index (χ1) is 13.1. The predicted octanol–water partition coefficient (Wildman–Crippen LogP) is 3.47. The fourth-order valence-corrected chi connectivity index (χ4v) is 4.33. The maximum Gasteiger partial charge on any atom is 0.228 e. The van der Waals surface area contributed by atoms with Gasteiger partial charge in [-0.25, -0.2) is 4.39 Å². The molecule has 2 saturated heterocycles. The van der Waals surface area contributed by atoms with Gasteiger partial charge in [0.2, 0.25) is 5.91 Å². The van der Waals surface area contributed by atoms with Crippen LogP contribution < -0.4 is 10.1 Å². The number of carbonyl (C=O) groups excluding carboxylic acids is 1. The Hall–Kier alpha value is -2.40. The van der Waals surface area contributed by atoms with Crippen LogP contribution in [0.1, 0.15) is 36.3 Å². The number of methoxy groups -OCH3 is 1. The van der Waals surface area contributed by atoms with E-state index in [2.05, 4.69) is 10.2 Å². The molecule has 2 aliphatic rings. The van der Waals surface area contributed by atoms with E-state index in [1.807, 2.05) is 30.3 Å². The molecule has 142 valence electrons. The summed E-state index contributed by atoms with van der Waals surface area (Å²) in [5.74, 6) is 0.384. The smallest absolute Gasteiger partial charge is 0.228 e. The number of nitrogens with one attached hydrogen (secondary N) is 1. The Kier molecular flexibility index (Phi) is 4.87. The quantitative estimate of drug-likeness (QED) is 0.898. The third kappa shape index (κ3) is 3.69. The summed E-state index contributed by atoms with van der Waals surface area (Å²) >= 11 is 0. The molecule has 2 heterocycles. The Labute approximate surface area is 159 Å². The van der Waals surface area contributed by atoms with Crippen molar-refractivity contribution in [1.29, 1.82) is 0 Å². The van der Waals surface area contributed by atoms with Crippen molar-refractivity contribution in [3.8, 4) is 5.75 Å². The lowest BCUT2D eigenvalue weighted by molar-refractivity contribution is -0.121. The highest BCUT2D eigenvalue weighted by molar-refractivity contribution is 5.87. The number of ether oxygens (including phenoxy) is 1. The standard InChI is InChI=1S/C22H25FN2O2/c1-27-18-8-7-17(20(23)13-18)15-25-11-9-22(10-12-25)14-19(21(26)24-22)16-5-3-2-4-6-16/h2-8,13,19H,9-12,14-15H2,1H3,(H,24,26). The van der Waals surface area contributed by atoms with Crippen LogP contribution in [0.5, 0.6) is 5.75 Å². The molecule has 4 rings (SSSR count). The lowest BCUT2D eigenvalue weighted by Gasteiger charge is -2.39. The van der Waals surface area contributed by atoms with Crippen LogP contribution in [-0.4, -0.2) is 36.5 Å². The first kappa shape index (κ1) is 18.0. The lowest BCUT2D eigenvalue weighted by Crippen LogP contribution is -2.50. The predicted molar refractivity (Wildman–Crippen MR) is 102 cm³/mol. The average molecular weight is 368 g/mol. The van der Waals surface area contributed by atoms with Crippen LogP contribution in [0.4, 0.5) is 4.39 Å². The third-order valence-corrected chi connectivity index (χ3v) is 5.97. The summed E-state index contributed by atoms with van der Waals surface area (Å²) in [4.78, 5) is 14.8. The van der Waals surface area contributed by atoms with Crippen LogP contribution in [0.3, 0.4) is 0 Å². The van der Waals surface area contributed by atoms with Gasteiger partial charge in [-0.3, -0.25) is 9.69 Å². The molecule has 0 saturated carbocycles. The number of carbonyl (C=O) groups is 1. The van der Waals surface area contributed by atoms with Gasteiger partial charge in [0.05, 0.1) is 13.0 Å². The van der Waals surface area contributed by atoms with Crippen LogP contribution in [0.15, 0.2) is 48.5 Å². The van der Waals surface area contributed by atoms with Crippen molar-refractivity contribution in [2.24, 2.45) is 0 Å². The van der Waals surface area contributed by atoms with Gasteiger partial charge in [-0.05, 0) is 30.9 Å². The van der Waals surface area contributed by atoms with E-state index < -0.39 is 0 Å². The molecule has 0 aliphatic carbocycles. The zero-order valence-electron chi connectivity index (χ0n) is 15.6.